The summed E-state index contributed by atoms with van der Waals surface area (Å²) < 4.78 is 0. The Morgan fingerprint density at radius 3 is 2.21 bits per heavy atom. The van der Waals surface area contributed by atoms with Gasteiger partial charge in [0.15, 0.2) is 0 Å². The van der Waals surface area contributed by atoms with Crippen molar-refractivity contribution >= 4 is 17.7 Å². The molecule has 0 spiro atoms. The van der Waals surface area contributed by atoms with E-state index in [2.05, 4.69) is 15.2 Å². The van der Waals surface area contributed by atoms with Crippen molar-refractivity contribution in [3.8, 4) is 28.6 Å². The van der Waals surface area contributed by atoms with E-state index in [1.165, 1.54) is 11.8 Å². The number of hydrogen-bond acceptors (Lipinski definition) is 6. The number of amides is 1. The normalized spacial score (nSPS) is 10.3. The Hall–Kier alpha value is -3.24. The van der Waals surface area contributed by atoms with Gasteiger partial charge in [0.05, 0.1) is 18.2 Å². The first-order valence-corrected chi connectivity index (χ1v) is 9.77. The number of carbonyl (C=O) groups excluding carboxylic acids is 1. The summed E-state index contributed by atoms with van der Waals surface area (Å²) in [6, 6.07) is 21.6. The molecule has 6 nitrogen and oxygen atoms in total. The van der Waals surface area contributed by atoms with Crippen molar-refractivity contribution in [3.63, 3.8) is 0 Å². The van der Waals surface area contributed by atoms with Crippen molar-refractivity contribution < 1.29 is 4.79 Å². The zero-order valence-electron chi connectivity index (χ0n) is 15.4. The number of nitrogens with zero attached hydrogens (tertiary/aromatic N) is 5. The van der Waals surface area contributed by atoms with Crippen molar-refractivity contribution in [2.45, 2.75) is 11.6 Å². The molecular formula is C21H19N5OS. The number of hydrogen-bond donors (Lipinski definition) is 0. The van der Waals surface area contributed by atoms with E-state index in [9.17, 15) is 4.79 Å². The van der Waals surface area contributed by atoms with Gasteiger partial charge < -0.3 is 4.90 Å². The van der Waals surface area contributed by atoms with Gasteiger partial charge in [-0.3, -0.25) is 4.79 Å². The standard InChI is InChI=1S/C21H19N5OS/c1-26(14-8-13-22)18(27)15-28-21-23-19(16-9-4-2-5-10-16)20(24-25-21)17-11-6-3-7-12-17/h2-7,9-12H,8,14-15H2,1H3. The Labute approximate surface area is 168 Å². The largest absolute Gasteiger partial charge is 0.344 e. The minimum absolute atomic E-state index is 0.0720. The molecule has 2 aromatic carbocycles. The Bertz CT molecular complexity index is 973. The molecule has 0 fully saturated rings. The average molecular weight is 389 g/mol. The molecule has 0 N–H and O–H groups in total. The molecule has 3 aromatic rings. The molecule has 1 aromatic heterocycles. The zero-order chi connectivity index (χ0) is 19.8. The van der Waals surface area contributed by atoms with Gasteiger partial charge in [-0.15, -0.1) is 10.2 Å². The second kappa shape index (κ2) is 9.62. The quantitative estimate of drug-likeness (QED) is 0.574. The van der Waals surface area contributed by atoms with E-state index >= 15 is 0 Å². The van der Waals surface area contributed by atoms with Crippen molar-refractivity contribution in [1.82, 2.24) is 20.1 Å². The van der Waals surface area contributed by atoms with Gasteiger partial charge >= 0.3 is 0 Å². The second-order valence-corrected chi connectivity index (χ2v) is 6.98. The van der Waals surface area contributed by atoms with Crippen LogP contribution in [0.2, 0.25) is 0 Å². The fraction of sp³-hybridized carbons (Fsp3) is 0.190. The molecule has 7 heteroatoms. The van der Waals surface area contributed by atoms with Gasteiger partial charge in [-0.2, -0.15) is 5.26 Å². The Morgan fingerprint density at radius 2 is 1.61 bits per heavy atom. The molecule has 0 bridgehead atoms. The minimum atomic E-state index is -0.0720. The molecule has 0 aliphatic carbocycles. The monoisotopic (exact) mass is 389 g/mol. The highest BCUT2D eigenvalue weighted by atomic mass is 32.2. The van der Waals surface area contributed by atoms with Gasteiger partial charge in [-0.25, -0.2) is 4.98 Å². The summed E-state index contributed by atoms with van der Waals surface area (Å²) in [5, 5.41) is 17.7. The van der Waals surface area contributed by atoms with Crippen molar-refractivity contribution in [3.05, 3.63) is 60.7 Å². The van der Waals surface area contributed by atoms with E-state index in [-0.39, 0.29) is 11.7 Å². The van der Waals surface area contributed by atoms with Gasteiger partial charge in [0, 0.05) is 24.7 Å². The first-order valence-electron chi connectivity index (χ1n) is 8.78. The van der Waals surface area contributed by atoms with Gasteiger partial charge in [0.1, 0.15) is 11.4 Å². The summed E-state index contributed by atoms with van der Waals surface area (Å²) in [7, 11) is 1.69. The van der Waals surface area contributed by atoms with Crippen molar-refractivity contribution in [1.29, 1.82) is 5.26 Å². The third-order valence-corrected chi connectivity index (χ3v) is 4.89. The molecular weight excluding hydrogens is 370 g/mol. The van der Waals surface area contributed by atoms with Gasteiger partial charge in [0.2, 0.25) is 11.1 Å². The second-order valence-electron chi connectivity index (χ2n) is 6.04. The Kier molecular flexibility index (Phi) is 6.71. The lowest BCUT2D eigenvalue weighted by Crippen LogP contribution is -2.29. The van der Waals surface area contributed by atoms with Crippen LogP contribution in [0, 0.1) is 11.3 Å². The Morgan fingerprint density at radius 1 is 1.00 bits per heavy atom. The van der Waals surface area contributed by atoms with Crippen LogP contribution >= 0.6 is 11.8 Å². The molecule has 0 aliphatic rings. The number of thioether (sulfide) groups is 1. The summed E-state index contributed by atoms with van der Waals surface area (Å²) in [5.41, 5.74) is 3.31. The van der Waals surface area contributed by atoms with Gasteiger partial charge in [-0.05, 0) is 0 Å². The highest BCUT2D eigenvalue weighted by Crippen LogP contribution is 2.29. The Balaban J connectivity index is 1.85. The lowest BCUT2D eigenvalue weighted by molar-refractivity contribution is -0.127. The fourth-order valence-corrected chi connectivity index (χ4v) is 3.27. The minimum Gasteiger partial charge on any atom is -0.344 e. The van der Waals surface area contributed by atoms with E-state index in [0.717, 1.165) is 16.8 Å². The average Bonchev–Trinajstić information content (AvgIpc) is 2.76. The predicted molar refractivity (Wildman–Crippen MR) is 109 cm³/mol. The van der Waals surface area contributed by atoms with Gasteiger partial charge in [0.25, 0.3) is 0 Å². The van der Waals surface area contributed by atoms with Crippen LogP contribution in [0.1, 0.15) is 6.42 Å². The molecule has 140 valence electrons. The summed E-state index contributed by atoms with van der Waals surface area (Å²) in [5.74, 6) is 0.125. The van der Waals surface area contributed by atoms with Crippen LogP contribution in [-0.2, 0) is 4.79 Å². The zero-order valence-corrected chi connectivity index (χ0v) is 16.3. The number of nitriles is 1. The first kappa shape index (κ1) is 19.5. The van der Waals surface area contributed by atoms with Crippen LogP contribution in [0.15, 0.2) is 65.8 Å². The van der Waals surface area contributed by atoms with Crippen LogP contribution in [0.3, 0.4) is 0 Å². The maximum atomic E-state index is 12.2. The van der Waals surface area contributed by atoms with Crippen LogP contribution in [0.4, 0.5) is 0 Å². The third-order valence-electron chi connectivity index (χ3n) is 4.07. The van der Waals surface area contributed by atoms with E-state index in [1.807, 2.05) is 66.7 Å². The summed E-state index contributed by atoms with van der Waals surface area (Å²) in [4.78, 5) is 18.4. The van der Waals surface area contributed by atoms with E-state index in [4.69, 9.17) is 5.26 Å². The molecule has 0 saturated heterocycles. The smallest absolute Gasteiger partial charge is 0.232 e. The lowest BCUT2D eigenvalue weighted by atomic mass is 10.0. The molecule has 1 heterocycles. The maximum Gasteiger partial charge on any atom is 0.232 e. The van der Waals surface area contributed by atoms with Crippen LogP contribution in [0.25, 0.3) is 22.5 Å². The van der Waals surface area contributed by atoms with E-state index < -0.39 is 0 Å². The first-order chi connectivity index (χ1) is 13.7. The van der Waals surface area contributed by atoms with Crippen molar-refractivity contribution in [2.24, 2.45) is 0 Å². The SMILES string of the molecule is CN(CCC#N)C(=O)CSc1nnc(-c2ccccc2)c(-c2ccccc2)n1. The molecule has 0 saturated carbocycles. The van der Waals surface area contributed by atoms with Crippen LogP contribution in [0.5, 0.6) is 0 Å². The summed E-state index contributed by atoms with van der Waals surface area (Å²) in [6.45, 7) is 0.414. The summed E-state index contributed by atoms with van der Waals surface area (Å²) in [6.07, 6.45) is 0.314. The van der Waals surface area contributed by atoms with Crippen molar-refractivity contribution in [2.75, 3.05) is 19.3 Å². The van der Waals surface area contributed by atoms with Crippen LogP contribution < -0.4 is 0 Å². The molecule has 28 heavy (non-hydrogen) atoms. The predicted octanol–water partition coefficient (Wildman–Crippen LogP) is 3.67. The van der Waals surface area contributed by atoms with Crippen LogP contribution in [-0.4, -0.2) is 45.3 Å². The molecule has 0 aliphatic heterocycles. The number of benzene rings is 2. The molecule has 3 rings (SSSR count). The number of aromatic nitrogens is 3. The maximum absolute atomic E-state index is 12.2. The highest BCUT2D eigenvalue weighted by Gasteiger charge is 2.15. The molecule has 0 atom stereocenters. The van der Waals surface area contributed by atoms with E-state index in [1.54, 1.807) is 11.9 Å². The molecule has 0 unspecified atom stereocenters. The topological polar surface area (TPSA) is 82.8 Å². The third kappa shape index (κ3) is 4.93. The van der Waals surface area contributed by atoms with Gasteiger partial charge in [-0.1, -0.05) is 72.4 Å². The summed E-state index contributed by atoms with van der Waals surface area (Å²) >= 11 is 1.24. The molecule has 1 amide bonds. The lowest BCUT2D eigenvalue weighted by Gasteiger charge is -2.14. The number of rotatable bonds is 7. The molecule has 0 radical (unpaired) electrons. The highest BCUT2D eigenvalue weighted by molar-refractivity contribution is 7.99. The number of carbonyl (C=O) groups is 1. The fourth-order valence-electron chi connectivity index (χ4n) is 2.54. The van der Waals surface area contributed by atoms with E-state index in [0.29, 0.717) is 23.8 Å².